The Morgan fingerprint density at radius 1 is 1.69 bits per heavy atom. The van der Waals surface area contributed by atoms with E-state index >= 15 is 0 Å². The summed E-state index contributed by atoms with van der Waals surface area (Å²) < 4.78 is 0. The highest BCUT2D eigenvalue weighted by atomic mass is 16.4. The van der Waals surface area contributed by atoms with Crippen LogP contribution in [0.2, 0.25) is 0 Å². The van der Waals surface area contributed by atoms with Gasteiger partial charge in [-0.3, -0.25) is 9.69 Å². The van der Waals surface area contributed by atoms with E-state index in [-0.39, 0.29) is 6.54 Å². The Morgan fingerprint density at radius 2 is 2.46 bits per heavy atom. The van der Waals surface area contributed by atoms with E-state index in [0.717, 1.165) is 32.4 Å². The summed E-state index contributed by atoms with van der Waals surface area (Å²) in [6, 6.07) is 0. The third-order valence-electron chi connectivity index (χ3n) is 2.37. The molecule has 1 heterocycles. The normalized spacial score (nSPS) is 23.8. The van der Waals surface area contributed by atoms with Gasteiger partial charge in [-0.15, -0.1) is 12.3 Å². The summed E-state index contributed by atoms with van der Waals surface area (Å²) in [6.45, 7) is 1.89. The molecule has 0 aliphatic carbocycles. The Morgan fingerprint density at radius 3 is 3.08 bits per heavy atom. The second-order valence-corrected chi connectivity index (χ2v) is 3.55. The van der Waals surface area contributed by atoms with Gasteiger partial charge in [0.05, 0.1) is 6.54 Å². The average molecular weight is 181 g/mol. The summed E-state index contributed by atoms with van der Waals surface area (Å²) in [6.07, 6.45) is 8.20. The predicted octanol–water partition coefficient (Wildman–Crippen LogP) is 0.806. The number of hydrogen-bond acceptors (Lipinski definition) is 2. The molecule has 0 aromatic rings. The molecule has 1 atom stereocenters. The van der Waals surface area contributed by atoms with Crippen molar-refractivity contribution in [3.05, 3.63) is 0 Å². The van der Waals surface area contributed by atoms with E-state index in [1.807, 2.05) is 4.90 Å². The topological polar surface area (TPSA) is 40.5 Å². The van der Waals surface area contributed by atoms with Gasteiger partial charge in [0.15, 0.2) is 0 Å². The third-order valence-corrected chi connectivity index (χ3v) is 2.37. The van der Waals surface area contributed by atoms with Crippen molar-refractivity contribution in [2.45, 2.75) is 19.3 Å². The lowest BCUT2D eigenvalue weighted by atomic mass is 9.95. The molecule has 3 nitrogen and oxygen atoms in total. The minimum absolute atomic E-state index is 0.154. The van der Waals surface area contributed by atoms with Crippen molar-refractivity contribution in [1.29, 1.82) is 0 Å². The summed E-state index contributed by atoms with van der Waals surface area (Å²) in [5.41, 5.74) is 0. The van der Waals surface area contributed by atoms with Gasteiger partial charge in [0.1, 0.15) is 0 Å². The Hall–Kier alpha value is -1.01. The lowest BCUT2D eigenvalue weighted by Crippen LogP contribution is -2.38. The highest BCUT2D eigenvalue weighted by Crippen LogP contribution is 2.18. The van der Waals surface area contributed by atoms with Crippen LogP contribution in [-0.4, -0.2) is 35.6 Å². The Balaban J connectivity index is 2.33. The molecule has 1 unspecified atom stereocenters. The van der Waals surface area contributed by atoms with E-state index in [1.54, 1.807) is 0 Å². The highest BCUT2D eigenvalue weighted by molar-refractivity contribution is 5.69. The molecule has 0 aromatic heterocycles. The zero-order chi connectivity index (χ0) is 9.68. The van der Waals surface area contributed by atoms with Crippen molar-refractivity contribution in [2.24, 2.45) is 5.92 Å². The van der Waals surface area contributed by atoms with Gasteiger partial charge in [0.25, 0.3) is 0 Å². The Kier molecular flexibility index (Phi) is 3.78. The van der Waals surface area contributed by atoms with E-state index < -0.39 is 5.97 Å². The molecule has 1 rings (SSSR count). The number of carbonyl (C=O) groups is 1. The fourth-order valence-corrected chi connectivity index (χ4v) is 1.82. The minimum Gasteiger partial charge on any atom is -0.480 e. The maximum absolute atomic E-state index is 10.5. The number of piperidine rings is 1. The van der Waals surface area contributed by atoms with Crippen LogP contribution >= 0.6 is 0 Å². The number of hydrogen-bond donors (Lipinski definition) is 1. The maximum Gasteiger partial charge on any atom is 0.317 e. The van der Waals surface area contributed by atoms with E-state index in [1.165, 1.54) is 0 Å². The molecule has 0 radical (unpaired) electrons. The first-order valence-corrected chi connectivity index (χ1v) is 4.60. The molecule has 0 bridgehead atoms. The zero-order valence-corrected chi connectivity index (χ0v) is 7.70. The number of nitrogens with zero attached hydrogens (tertiary/aromatic N) is 1. The SMILES string of the molecule is C#CCC1CCCN(CC(=O)O)C1. The Labute approximate surface area is 78.7 Å². The lowest BCUT2D eigenvalue weighted by molar-refractivity contribution is -0.138. The first kappa shape index (κ1) is 10.1. The largest absolute Gasteiger partial charge is 0.480 e. The summed E-state index contributed by atoms with van der Waals surface area (Å²) in [7, 11) is 0. The molecule has 0 amide bonds. The molecule has 1 aliphatic rings. The van der Waals surface area contributed by atoms with Crippen molar-refractivity contribution in [3.63, 3.8) is 0 Å². The smallest absolute Gasteiger partial charge is 0.317 e. The van der Waals surface area contributed by atoms with Crippen LogP contribution in [0.5, 0.6) is 0 Å². The molecule has 1 fully saturated rings. The van der Waals surface area contributed by atoms with E-state index in [0.29, 0.717) is 5.92 Å². The van der Waals surface area contributed by atoms with Crippen molar-refractivity contribution < 1.29 is 9.90 Å². The Bertz CT molecular complexity index is 219. The molecule has 72 valence electrons. The van der Waals surface area contributed by atoms with Gasteiger partial charge in [-0.05, 0) is 25.3 Å². The van der Waals surface area contributed by atoms with Crippen molar-refractivity contribution in [1.82, 2.24) is 4.90 Å². The zero-order valence-electron chi connectivity index (χ0n) is 7.70. The van der Waals surface area contributed by atoms with Gasteiger partial charge in [-0.1, -0.05) is 0 Å². The number of rotatable bonds is 3. The molecule has 0 aromatic carbocycles. The monoisotopic (exact) mass is 181 g/mol. The van der Waals surface area contributed by atoms with Gasteiger partial charge >= 0.3 is 5.97 Å². The average Bonchev–Trinajstić information content (AvgIpc) is 2.04. The third kappa shape index (κ3) is 3.47. The molecule has 0 spiro atoms. The fourth-order valence-electron chi connectivity index (χ4n) is 1.82. The van der Waals surface area contributed by atoms with Crippen LogP contribution in [0.4, 0.5) is 0 Å². The summed E-state index contributed by atoms with van der Waals surface area (Å²) in [4.78, 5) is 12.4. The first-order valence-electron chi connectivity index (χ1n) is 4.60. The second kappa shape index (κ2) is 4.88. The van der Waals surface area contributed by atoms with Crippen molar-refractivity contribution >= 4 is 5.97 Å². The van der Waals surface area contributed by atoms with Crippen molar-refractivity contribution in [3.8, 4) is 12.3 Å². The molecule has 1 saturated heterocycles. The molecular formula is C10H15NO2. The van der Waals surface area contributed by atoms with E-state index in [9.17, 15) is 4.79 Å². The van der Waals surface area contributed by atoms with Gasteiger partial charge in [-0.2, -0.15) is 0 Å². The van der Waals surface area contributed by atoms with Gasteiger partial charge in [-0.25, -0.2) is 0 Å². The van der Waals surface area contributed by atoms with Gasteiger partial charge < -0.3 is 5.11 Å². The van der Waals surface area contributed by atoms with Crippen LogP contribution < -0.4 is 0 Å². The van der Waals surface area contributed by atoms with Gasteiger partial charge in [0.2, 0.25) is 0 Å². The maximum atomic E-state index is 10.5. The highest BCUT2D eigenvalue weighted by Gasteiger charge is 2.20. The number of likely N-dealkylation sites (tertiary alicyclic amines) is 1. The number of terminal acetylenes is 1. The number of carboxylic acid groups (broad SMARTS) is 1. The van der Waals surface area contributed by atoms with Crippen LogP contribution in [0.3, 0.4) is 0 Å². The van der Waals surface area contributed by atoms with Crippen LogP contribution in [0.15, 0.2) is 0 Å². The van der Waals surface area contributed by atoms with Crippen LogP contribution in [0.1, 0.15) is 19.3 Å². The van der Waals surface area contributed by atoms with Gasteiger partial charge in [0, 0.05) is 13.0 Å². The fraction of sp³-hybridized carbons (Fsp3) is 0.700. The second-order valence-electron chi connectivity index (χ2n) is 3.55. The van der Waals surface area contributed by atoms with Crippen molar-refractivity contribution in [2.75, 3.05) is 19.6 Å². The summed E-state index contributed by atoms with van der Waals surface area (Å²) in [5, 5.41) is 8.60. The number of aliphatic carboxylic acids is 1. The first-order chi connectivity index (χ1) is 6.22. The minimum atomic E-state index is -0.749. The quantitative estimate of drug-likeness (QED) is 0.655. The van der Waals surface area contributed by atoms with Crippen LogP contribution in [0, 0.1) is 18.3 Å². The lowest BCUT2D eigenvalue weighted by Gasteiger charge is -2.30. The summed E-state index contributed by atoms with van der Waals surface area (Å²) in [5.74, 6) is 2.39. The standard InChI is InChI=1S/C10H15NO2/c1-2-4-9-5-3-6-11(7-9)8-10(12)13/h1,9H,3-8H2,(H,12,13). The van der Waals surface area contributed by atoms with E-state index in [2.05, 4.69) is 5.92 Å². The van der Waals surface area contributed by atoms with Crippen LogP contribution in [0.25, 0.3) is 0 Å². The molecule has 1 N–H and O–H groups in total. The molecule has 0 saturated carbocycles. The molecule has 3 heteroatoms. The molecule has 1 aliphatic heterocycles. The van der Waals surface area contributed by atoms with E-state index in [4.69, 9.17) is 11.5 Å². The molecule has 13 heavy (non-hydrogen) atoms. The predicted molar refractivity (Wildman–Crippen MR) is 50.2 cm³/mol. The number of carboxylic acids is 1. The summed E-state index contributed by atoms with van der Waals surface area (Å²) >= 11 is 0. The van der Waals surface area contributed by atoms with Crippen LogP contribution in [-0.2, 0) is 4.79 Å². The molecular weight excluding hydrogens is 166 g/mol.